The third kappa shape index (κ3) is 4.33. The number of aryl methyl sites for hydroxylation is 2. The Bertz CT molecular complexity index is 1300. The van der Waals surface area contributed by atoms with E-state index in [2.05, 4.69) is 39.6 Å². The van der Waals surface area contributed by atoms with Crippen LogP contribution in [-0.4, -0.2) is 34.9 Å². The molecule has 2 amide bonds. The Labute approximate surface area is 193 Å². The summed E-state index contributed by atoms with van der Waals surface area (Å²) in [4.78, 5) is 35.7. The fraction of sp³-hybridized carbons (Fsp3) is 0.296. The van der Waals surface area contributed by atoms with Gasteiger partial charge in [-0.25, -0.2) is 4.98 Å². The number of H-pyrrole nitrogens is 1. The second-order valence-electron chi connectivity index (χ2n) is 8.92. The summed E-state index contributed by atoms with van der Waals surface area (Å²) in [6, 6.07) is 11.1. The Morgan fingerprint density at radius 1 is 1.24 bits per heavy atom. The van der Waals surface area contributed by atoms with Crippen LogP contribution in [-0.2, 0) is 17.6 Å². The number of allylic oxidation sites excluding steroid dienone is 4. The molecule has 1 aliphatic heterocycles. The molecular weight excluding hydrogens is 412 g/mol. The Kier molecular flexibility index (Phi) is 5.58. The fourth-order valence-corrected chi connectivity index (χ4v) is 4.74. The van der Waals surface area contributed by atoms with Crippen LogP contribution in [0.2, 0.25) is 0 Å². The number of fused-ring (bicyclic) bond motifs is 2. The highest BCUT2D eigenvalue weighted by Crippen LogP contribution is 2.30. The SMILES string of the molecule is Cc1nc2cc3c(cc2[nH]1)CC[C@H](NC(=O)c1cccc(CC2=CCCC=C2)c1)C(=O)N3C. The maximum absolute atomic E-state index is 13.2. The Hall–Kier alpha value is -3.67. The van der Waals surface area contributed by atoms with Crippen molar-refractivity contribution in [2.24, 2.45) is 0 Å². The zero-order valence-corrected chi connectivity index (χ0v) is 19.0. The zero-order chi connectivity index (χ0) is 22.9. The normalized spacial score (nSPS) is 18.1. The molecule has 1 atom stereocenters. The topological polar surface area (TPSA) is 78.1 Å². The Morgan fingerprint density at radius 3 is 2.94 bits per heavy atom. The second-order valence-corrected chi connectivity index (χ2v) is 8.92. The minimum Gasteiger partial charge on any atom is -0.342 e. The highest BCUT2D eigenvalue weighted by atomic mass is 16.2. The quantitative estimate of drug-likeness (QED) is 0.631. The first-order valence-electron chi connectivity index (χ1n) is 11.5. The summed E-state index contributed by atoms with van der Waals surface area (Å²) in [6.45, 7) is 1.92. The number of likely N-dealkylation sites (N-methyl/N-ethyl adjacent to an activating group) is 1. The second kappa shape index (κ2) is 8.70. The van der Waals surface area contributed by atoms with Gasteiger partial charge < -0.3 is 15.2 Å². The molecule has 0 radical (unpaired) electrons. The lowest BCUT2D eigenvalue weighted by molar-refractivity contribution is -0.120. The summed E-state index contributed by atoms with van der Waals surface area (Å²) < 4.78 is 0. The van der Waals surface area contributed by atoms with Crippen molar-refractivity contribution in [1.29, 1.82) is 0 Å². The lowest BCUT2D eigenvalue weighted by Crippen LogP contribution is -2.46. The minimum absolute atomic E-state index is 0.109. The molecule has 0 bridgehead atoms. The first-order chi connectivity index (χ1) is 16.0. The standard InChI is InChI=1S/C27H28N4O2/c1-17-28-23-15-20-11-12-22(27(33)31(2)25(20)16-24(23)29-17)30-26(32)21-10-6-9-19(14-21)13-18-7-4-3-5-8-18/h4,6-10,14-16,22H,3,5,11-13H2,1-2H3,(H,28,29)(H,30,32)/t22-/m0/s1. The fourth-order valence-electron chi connectivity index (χ4n) is 4.74. The van der Waals surface area contributed by atoms with E-state index < -0.39 is 6.04 Å². The van der Waals surface area contributed by atoms with E-state index in [-0.39, 0.29) is 11.8 Å². The number of anilines is 1. The monoisotopic (exact) mass is 440 g/mol. The Balaban J connectivity index is 1.32. The number of benzene rings is 2. The van der Waals surface area contributed by atoms with E-state index in [4.69, 9.17) is 0 Å². The van der Waals surface area contributed by atoms with Gasteiger partial charge in [-0.1, -0.05) is 30.4 Å². The summed E-state index contributed by atoms with van der Waals surface area (Å²) in [5, 5.41) is 2.98. The molecule has 2 aromatic carbocycles. The molecule has 1 aliphatic carbocycles. The van der Waals surface area contributed by atoms with E-state index in [9.17, 15) is 9.59 Å². The lowest BCUT2D eigenvalue weighted by Gasteiger charge is -2.22. The van der Waals surface area contributed by atoms with Crippen molar-refractivity contribution in [2.45, 2.75) is 45.1 Å². The number of aromatic amines is 1. The summed E-state index contributed by atoms with van der Waals surface area (Å²) in [5.41, 5.74) is 6.69. The number of nitrogens with zero attached hydrogens (tertiary/aromatic N) is 2. The van der Waals surface area contributed by atoms with Gasteiger partial charge >= 0.3 is 0 Å². The van der Waals surface area contributed by atoms with Crippen molar-refractivity contribution in [3.05, 3.63) is 82.7 Å². The largest absolute Gasteiger partial charge is 0.342 e. The van der Waals surface area contributed by atoms with Crippen LogP contribution in [0, 0.1) is 6.92 Å². The highest BCUT2D eigenvalue weighted by Gasteiger charge is 2.30. The molecule has 33 heavy (non-hydrogen) atoms. The molecule has 0 fully saturated rings. The molecule has 2 aliphatic rings. The van der Waals surface area contributed by atoms with Gasteiger partial charge in [0.2, 0.25) is 5.91 Å². The summed E-state index contributed by atoms with van der Waals surface area (Å²) in [5.74, 6) is 0.525. The van der Waals surface area contributed by atoms with E-state index >= 15 is 0 Å². The van der Waals surface area contributed by atoms with Crippen molar-refractivity contribution >= 4 is 28.5 Å². The third-order valence-corrected chi connectivity index (χ3v) is 6.47. The molecule has 0 saturated heterocycles. The van der Waals surface area contributed by atoms with Gasteiger partial charge in [0, 0.05) is 18.3 Å². The molecule has 5 rings (SSSR count). The molecule has 0 spiro atoms. The molecule has 2 heterocycles. The molecule has 6 heteroatoms. The number of carbonyl (C=O) groups is 2. The number of aromatic nitrogens is 2. The van der Waals surface area contributed by atoms with Crippen molar-refractivity contribution in [2.75, 3.05) is 11.9 Å². The van der Waals surface area contributed by atoms with Gasteiger partial charge in [0.1, 0.15) is 11.9 Å². The average Bonchev–Trinajstić information content (AvgIpc) is 3.15. The third-order valence-electron chi connectivity index (χ3n) is 6.47. The van der Waals surface area contributed by atoms with E-state index in [0.717, 1.165) is 52.9 Å². The van der Waals surface area contributed by atoms with Crippen LogP contribution in [0.25, 0.3) is 11.0 Å². The predicted molar refractivity (Wildman–Crippen MR) is 130 cm³/mol. The maximum Gasteiger partial charge on any atom is 0.251 e. The molecule has 168 valence electrons. The summed E-state index contributed by atoms with van der Waals surface area (Å²) in [6.07, 6.45) is 10.8. The summed E-state index contributed by atoms with van der Waals surface area (Å²) >= 11 is 0. The highest BCUT2D eigenvalue weighted by molar-refractivity contribution is 6.04. The maximum atomic E-state index is 13.2. The number of nitrogens with one attached hydrogen (secondary N) is 2. The van der Waals surface area contributed by atoms with Gasteiger partial charge in [0.05, 0.1) is 11.0 Å². The van der Waals surface area contributed by atoms with Crippen molar-refractivity contribution < 1.29 is 9.59 Å². The number of imidazole rings is 1. The molecule has 3 aromatic rings. The van der Waals surface area contributed by atoms with Gasteiger partial charge in [0.25, 0.3) is 5.91 Å². The smallest absolute Gasteiger partial charge is 0.251 e. The van der Waals surface area contributed by atoms with E-state index in [0.29, 0.717) is 18.4 Å². The molecule has 0 unspecified atom stereocenters. The van der Waals surface area contributed by atoms with Crippen LogP contribution < -0.4 is 10.2 Å². The van der Waals surface area contributed by atoms with Crippen molar-refractivity contribution in [1.82, 2.24) is 15.3 Å². The van der Waals surface area contributed by atoms with Crippen LogP contribution in [0.15, 0.2) is 60.2 Å². The molecule has 1 aromatic heterocycles. The molecular formula is C27H28N4O2. The van der Waals surface area contributed by atoms with Crippen LogP contribution in [0.3, 0.4) is 0 Å². The zero-order valence-electron chi connectivity index (χ0n) is 19.0. The molecule has 2 N–H and O–H groups in total. The van der Waals surface area contributed by atoms with Gasteiger partial charge in [-0.05, 0) is 80.0 Å². The van der Waals surface area contributed by atoms with Gasteiger partial charge in [-0.15, -0.1) is 0 Å². The van der Waals surface area contributed by atoms with Gasteiger partial charge in [0.15, 0.2) is 0 Å². The van der Waals surface area contributed by atoms with E-state index in [1.807, 2.05) is 31.2 Å². The van der Waals surface area contributed by atoms with Gasteiger partial charge in [-0.3, -0.25) is 9.59 Å². The number of hydrogen-bond acceptors (Lipinski definition) is 3. The number of hydrogen-bond donors (Lipinski definition) is 2. The van der Waals surface area contributed by atoms with Crippen LogP contribution in [0.5, 0.6) is 0 Å². The van der Waals surface area contributed by atoms with Crippen molar-refractivity contribution in [3.63, 3.8) is 0 Å². The van der Waals surface area contributed by atoms with E-state index in [1.165, 1.54) is 5.57 Å². The first kappa shape index (κ1) is 21.2. The van der Waals surface area contributed by atoms with Crippen LogP contribution >= 0.6 is 0 Å². The van der Waals surface area contributed by atoms with E-state index in [1.54, 1.807) is 18.0 Å². The number of amides is 2. The van der Waals surface area contributed by atoms with Crippen LogP contribution in [0.1, 0.15) is 46.6 Å². The minimum atomic E-state index is -0.574. The predicted octanol–water partition coefficient (Wildman–Crippen LogP) is 4.40. The lowest BCUT2D eigenvalue weighted by atomic mass is 9.98. The number of carbonyl (C=O) groups excluding carboxylic acids is 2. The molecule has 0 saturated carbocycles. The average molecular weight is 441 g/mol. The molecule has 6 nitrogen and oxygen atoms in total. The van der Waals surface area contributed by atoms with Crippen LogP contribution in [0.4, 0.5) is 5.69 Å². The van der Waals surface area contributed by atoms with Gasteiger partial charge in [-0.2, -0.15) is 0 Å². The first-order valence-corrected chi connectivity index (χ1v) is 11.5. The Morgan fingerprint density at radius 2 is 2.12 bits per heavy atom. The van der Waals surface area contributed by atoms with Crippen molar-refractivity contribution in [3.8, 4) is 0 Å². The number of rotatable bonds is 4. The summed E-state index contributed by atoms with van der Waals surface area (Å²) in [7, 11) is 1.77.